The summed E-state index contributed by atoms with van der Waals surface area (Å²) in [6.07, 6.45) is 3.38. The number of rotatable bonds is 7. The number of benzodiazepines with no additional fused rings is 1. The molecule has 2 atom stereocenters. The second-order valence-electron chi connectivity index (χ2n) is 10.6. The van der Waals surface area contributed by atoms with Gasteiger partial charge in [0.1, 0.15) is 0 Å². The quantitative estimate of drug-likeness (QED) is 0.554. The number of fused-ring (bicyclic) bond motifs is 1. The average molecular weight is 504 g/mol. The van der Waals surface area contributed by atoms with Crippen molar-refractivity contribution in [3.8, 4) is 0 Å². The van der Waals surface area contributed by atoms with Gasteiger partial charge in [-0.3, -0.25) is 14.4 Å². The van der Waals surface area contributed by atoms with Crippen LogP contribution in [0.1, 0.15) is 63.5 Å². The number of nitrogens with one attached hydrogen (secondary N) is 1. The van der Waals surface area contributed by atoms with Crippen LogP contribution in [0.3, 0.4) is 0 Å². The fourth-order valence-electron chi connectivity index (χ4n) is 5.81. The highest BCUT2D eigenvalue weighted by Crippen LogP contribution is 2.46. The normalized spacial score (nSPS) is 19.9. The highest BCUT2D eigenvalue weighted by Gasteiger charge is 2.51. The largest absolute Gasteiger partial charge is 0.469 e. The number of anilines is 1. The fourth-order valence-corrected chi connectivity index (χ4v) is 5.81. The van der Waals surface area contributed by atoms with Crippen LogP contribution in [0.2, 0.25) is 0 Å². The lowest BCUT2D eigenvalue weighted by Crippen LogP contribution is -2.53. The highest BCUT2D eigenvalue weighted by molar-refractivity contribution is 6.20. The molecule has 0 radical (unpaired) electrons. The predicted octanol–water partition coefficient (Wildman–Crippen LogP) is 4.73. The average Bonchev–Trinajstić information content (AvgIpc) is 3.02. The molecular weight excluding hydrogens is 466 g/mol. The minimum Gasteiger partial charge on any atom is -0.469 e. The summed E-state index contributed by atoms with van der Waals surface area (Å²) in [4.78, 5) is 47.2. The van der Waals surface area contributed by atoms with Crippen LogP contribution in [-0.2, 0) is 19.1 Å². The summed E-state index contributed by atoms with van der Waals surface area (Å²) in [5.74, 6) is -1.42. The number of amides is 2. The van der Waals surface area contributed by atoms with Crippen LogP contribution in [0.5, 0.6) is 0 Å². The number of benzene rings is 2. The minimum absolute atomic E-state index is 0.180. The molecule has 2 amide bonds. The fraction of sp³-hybridized carbons (Fsp3) is 0.467. The van der Waals surface area contributed by atoms with Crippen molar-refractivity contribution in [2.45, 2.75) is 58.5 Å². The Morgan fingerprint density at radius 1 is 1.05 bits per heavy atom. The first-order chi connectivity index (χ1) is 17.8. The standard InChI is InChI=1S/C30H37N3O4/c1-20(2)19-23(30(29(36)37-4)17-11-6-12-18-30)27(34)32-26-28(35)33(3)24-16-10-9-15-22(24)25(31-26)21-13-7-5-8-14-21/h5,7-10,13-16,20,23,26H,6,11-12,17-19H2,1-4H3,(H,32,34). The number of carbonyl (C=O) groups is 3. The van der Waals surface area contributed by atoms with Gasteiger partial charge in [-0.15, -0.1) is 0 Å². The molecular formula is C30H37N3O4. The first kappa shape index (κ1) is 26.6. The van der Waals surface area contributed by atoms with E-state index in [2.05, 4.69) is 5.32 Å². The summed E-state index contributed by atoms with van der Waals surface area (Å²) in [6.45, 7) is 4.09. The minimum atomic E-state index is -1.12. The van der Waals surface area contributed by atoms with Gasteiger partial charge in [0.25, 0.3) is 5.91 Å². The van der Waals surface area contributed by atoms with Gasteiger partial charge in [-0.05, 0) is 31.2 Å². The Hall–Kier alpha value is -3.48. The van der Waals surface area contributed by atoms with Gasteiger partial charge in [0.2, 0.25) is 12.1 Å². The molecule has 1 fully saturated rings. The second-order valence-corrected chi connectivity index (χ2v) is 10.6. The topological polar surface area (TPSA) is 88.1 Å². The summed E-state index contributed by atoms with van der Waals surface area (Å²) in [6, 6.07) is 17.3. The van der Waals surface area contributed by atoms with Crippen molar-refractivity contribution < 1.29 is 19.1 Å². The van der Waals surface area contributed by atoms with Crippen molar-refractivity contribution in [2.24, 2.45) is 22.2 Å². The zero-order chi connectivity index (χ0) is 26.6. The van der Waals surface area contributed by atoms with Crippen LogP contribution in [0, 0.1) is 17.3 Å². The monoisotopic (exact) mass is 503 g/mol. The number of esters is 1. The Kier molecular flexibility index (Phi) is 8.10. The zero-order valence-electron chi connectivity index (χ0n) is 22.2. The van der Waals surface area contributed by atoms with Gasteiger partial charge < -0.3 is 15.0 Å². The van der Waals surface area contributed by atoms with Crippen LogP contribution in [-0.4, -0.2) is 43.8 Å². The summed E-state index contributed by atoms with van der Waals surface area (Å²) in [7, 11) is 3.09. The third-order valence-corrected chi connectivity index (χ3v) is 7.70. The Morgan fingerprint density at radius 2 is 1.70 bits per heavy atom. The van der Waals surface area contributed by atoms with Gasteiger partial charge in [0, 0.05) is 18.2 Å². The summed E-state index contributed by atoms with van der Waals surface area (Å²) >= 11 is 0. The molecule has 37 heavy (non-hydrogen) atoms. The molecule has 7 nitrogen and oxygen atoms in total. The lowest BCUT2D eigenvalue weighted by atomic mass is 9.63. The number of ether oxygens (including phenoxy) is 1. The number of nitrogens with zero attached hydrogens (tertiary/aromatic N) is 2. The number of hydrogen-bond donors (Lipinski definition) is 1. The third-order valence-electron chi connectivity index (χ3n) is 7.70. The number of para-hydroxylation sites is 1. The van der Waals surface area contributed by atoms with E-state index in [1.54, 1.807) is 11.9 Å². The van der Waals surface area contributed by atoms with Crippen molar-refractivity contribution >= 4 is 29.2 Å². The SMILES string of the molecule is COC(=O)C1(C(CC(C)C)C(=O)NC2N=C(c3ccccc3)c3ccccc3N(C)C2=O)CCCCC1. The molecule has 0 aromatic heterocycles. The maximum Gasteiger partial charge on any atom is 0.312 e. The van der Waals surface area contributed by atoms with E-state index in [9.17, 15) is 14.4 Å². The molecule has 1 heterocycles. The zero-order valence-corrected chi connectivity index (χ0v) is 22.2. The molecule has 0 spiro atoms. The van der Waals surface area contributed by atoms with E-state index in [0.717, 1.165) is 36.1 Å². The Morgan fingerprint density at radius 3 is 2.35 bits per heavy atom. The number of aliphatic imine (C=N–C) groups is 1. The first-order valence-electron chi connectivity index (χ1n) is 13.2. The van der Waals surface area contributed by atoms with Crippen LogP contribution < -0.4 is 10.2 Å². The molecule has 1 aliphatic carbocycles. The van der Waals surface area contributed by atoms with Crippen molar-refractivity contribution in [1.82, 2.24) is 5.32 Å². The van der Waals surface area contributed by atoms with E-state index < -0.39 is 17.5 Å². The van der Waals surface area contributed by atoms with Gasteiger partial charge in [-0.25, -0.2) is 4.99 Å². The van der Waals surface area contributed by atoms with E-state index in [-0.39, 0.29) is 23.7 Å². The van der Waals surface area contributed by atoms with Gasteiger partial charge in [0.05, 0.1) is 29.8 Å². The smallest absolute Gasteiger partial charge is 0.312 e. The van der Waals surface area contributed by atoms with Crippen LogP contribution in [0.4, 0.5) is 5.69 Å². The predicted molar refractivity (Wildman–Crippen MR) is 144 cm³/mol. The summed E-state index contributed by atoms with van der Waals surface area (Å²) in [5.41, 5.74) is 2.15. The molecule has 1 saturated carbocycles. The maximum absolute atomic E-state index is 14.0. The lowest BCUT2D eigenvalue weighted by molar-refractivity contribution is -0.164. The number of methoxy groups -OCH3 is 1. The summed E-state index contributed by atoms with van der Waals surface area (Å²) < 4.78 is 5.25. The van der Waals surface area contributed by atoms with Crippen LogP contribution in [0.25, 0.3) is 0 Å². The number of carbonyl (C=O) groups excluding carboxylic acids is 3. The molecule has 2 unspecified atom stereocenters. The third kappa shape index (κ3) is 5.31. The Labute approximate surface area is 219 Å². The molecule has 0 saturated heterocycles. The molecule has 1 aliphatic heterocycles. The van der Waals surface area contributed by atoms with E-state index in [1.165, 1.54) is 7.11 Å². The van der Waals surface area contributed by atoms with E-state index >= 15 is 0 Å². The Bertz CT molecular complexity index is 1170. The number of hydrogen-bond acceptors (Lipinski definition) is 5. The maximum atomic E-state index is 14.0. The first-order valence-corrected chi connectivity index (χ1v) is 13.2. The Balaban J connectivity index is 1.75. The molecule has 0 bridgehead atoms. The van der Waals surface area contributed by atoms with E-state index in [4.69, 9.17) is 9.73 Å². The van der Waals surface area contributed by atoms with Gasteiger partial charge >= 0.3 is 5.97 Å². The van der Waals surface area contributed by atoms with Crippen molar-refractivity contribution in [3.63, 3.8) is 0 Å². The molecule has 2 aliphatic rings. The molecule has 7 heteroatoms. The van der Waals surface area contributed by atoms with Crippen molar-refractivity contribution in [1.29, 1.82) is 0 Å². The second kappa shape index (κ2) is 11.3. The van der Waals surface area contributed by atoms with Gasteiger partial charge in [0.15, 0.2) is 0 Å². The van der Waals surface area contributed by atoms with Crippen molar-refractivity contribution in [2.75, 3.05) is 19.1 Å². The van der Waals surface area contributed by atoms with Gasteiger partial charge in [-0.1, -0.05) is 81.6 Å². The van der Waals surface area contributed by atoms with Crippen LogP contribution in [0.15, 0.2) is 59.6 Å². The van der Waals surface area contributed by atoms with Crippen molar-refractivity contribution in [3.05, 3.63) is 65.7 Å². The molecule has 196 valence electrons. The molecule has 2 aromatic rings. The molecule has 1 N–H and O–H groups in total. The van der Waals surface area contributed by atoms with E-state index in [1.807, 2.05) is 68.4 Å². The van der Waals surface area contributed by atoms with Gasteiger partial charge in [-0.2, -0.15) is 0 Å². The number of likely N-dealkylation sites (N-methyl/N-ethyl adjacent to an activating group) is 1. The van der Waals surface area contributed by atoms with Crippen LogP contribution >= 0.6 is 0 Å². The van der Waals surface area contributed by atoms with E-state index in [0.29, 0.717) is 25.0 Å². The highest BCUT2D eigenvalue weighted by atomic mass is 16.5. The lowest BCUT2D eigenvalue weighted by Gasteiger charge is -2.41. The molecule has 2 aromatic carbocycles. The molecule has 4 rings (SSSR count). The summed E-state index contributed by atoms with van der Waals surface area (Å²) in [5, 5.41) is 2.95.